The molecule has 5 heteroatoms. The van der Waals surface area contributed by atoms with Crippen LogP contribution in [0.15, 0.2) is 164 Å². The third kappa shape index (κ3) is 4.09. The van der Waals surface area contributed by atoms with Gasteiger partial charge in [-0.1, -0.05) is 103 Å². The molecule has 0 saturated carbocycles. The molecule has 2 aliphatic heterocycles. The van der Waals surface area contributed by atoms with E-state index in [1.54, 1.807) is 0 Å². The van der Waals surface area contributed by atoms with E-state index in [0.29, 0.717) is 6.67 Å². The molecule has 2 heterocycles. The van der Waals surface area contributed by atoms with Crippen molar-refractivity contribution >= 4 is 39.8 Å². The van der Waals surface area contributed by atoms with Crippen molar-refractivity contribution in [2.75, 3.05) is 21.4 Å². The quantitative estimate of drug-likeness (QED) is 0.221. The Morgan fingerprint density at radius 1 is 0.395 bits per heavy atom. The number of benzene rings is 6. The highest BCUT2D eigenvalue weighted by Gasteiger charge is 2.44. The number of hydrogen-bond acceptors (Lipinski definition) is 5. The number of rotatable bonds is 5. The van der Waals surface area contributed by atoms with Crippen LogP contribution in [0.2, 0.25) is 0 Å². The number of hydrogen-bond donors (Lipinski definition) is 2. The van der Waals surface area contributed by atoms with Gasteiger partial charge in [0.2, 0.25) is 0 Å². The van der Waals surface area contributed by atoms with E-state index in [-0.39, 0.29) is 0 Å². The van der Waals surface area contributed by atoms with Crippen LogP contribution in [0.1, 0.15) is 11.1 Å². The highest BCUT2D eigenvalue weighted by molar-refractivity contribution is 6.01. The average Bonchev–Trinajstić information content (AvgIpc) is 3.55. The number of anilines is 7. The number of para-hydroxylation sites is 6. The Hall–Kier alpha value is -5.36. The van der Waals surface area contributed by atoms with E-state index in [2.05, 4.69) is 189 Å². The van der Waals surface area contributed by atoms with Crippen LogP contribution in [0.4, 0.5) is 39.8 Å². The Bertz CT molecular complexity index is 1810. The Morgan fingerprint density at radius 2 is 0.791 bits per heavy atom. The van der Waals surface area contributed by atoms with Crippen molar-refractivity contribution in [1.82, 2.24) is 10.9 Å². The van der Waals surface area contributed by atoms with Crippen LogP contribution < -0.4 is 25.6 Å². The van der Waals surface area contributed by atoms with Gasteiger partial charge in [0.25, 0.3) is 0 Å². The van der Waals surface area contributed by atoms with Crippen molar-refractivity contribution in [3.63, 3.8) is 0 Å². The lowest BCUT2D eigenvalue weighted by molar-refractivity contribution is 0.443. The molecule has 0 aliphatic carbocycles. The lowest BCUT2D eigenvalue weighted by Gasteiger charge is -2.41. The molecule has 0 amide bonds. The molecule has 0 aromatic heterocycles. The van der Waals surface area contributed by atoms with Gasteiger partial charge in [-0.3, -0.25) is 0 Å². The van der Waals surface area contributed by atoms with Crippen molar-refractivity contribution in [3.8, 4) is 0 Å². The first-order chi connectivity index (χ1) is 21.3. The zero-order valence-electron chi connectivity index (χ0n) is 23.6. The SMILES string of the molecule is c1ccc(N2c3ccccc3N(c3ccc(C4(c5ccccc5)NNCN4c4ccccc4)cc3)c3ccccc32)cc1. The van der Waals surface area contributed by atoms with Gasteiger partial charge in [0.1, 0.15) is 0 Å². The van der Waals surface area contributed by atoms with Crippen LogP contribution in [0, 0.1) is 0 Å². The summed E-state index contributed by atoms with van der Waals surface area (Å²) in [5.41, 5.74) is 16.8. The van der Waals surface area contributed by atoms with Crippen LogP contribution in [0.25, 0.3) is 0 Å². The minimum atomic E-state index is -0.580. The molecule has 2 aliphatic rings. The molecule has 1 atom stereocenters. The molecule has 208 valence electrons. The van der Waals surface area contributed by atoms with Crippen LogP contribution in [-0.2, 0) is 5.66 Å². The Balaban J connectivity index is 1.26. The predicted octanol–water partition coefficient (Wildman–Crippen LogP) is 8.71. The lowest BCUT2D eigenvalue weighted by Crippen LogP contribution is -2.50. The molecule has 1 unspecified atom stereocenters. The smallest absolute Gasteiger partial charge is 0.157 e. The van der Waals surface area contributed by atoms with Crippen LogP contribution in [0.3, 0.4) is 0 Å². The highest BCUT2D eigenvalue weighted by Crippen LogP contribution is 2.54. The second-order valence-corrected chi connectivity index (χ2v) is 10.8. The summed E-state index contributed by atoms with van der Waals surface area (Å²) in [6.07, 6.45) is 0. The summed E-state index contributed by atoms with van der Waals surface area (Å²) in [4.78, 5) is 7.12. The summed E-state index contributed by atoms with van der Waals surface area (Å²) in [6, 6.07) is 58.1. The Morgan fingerprint density at radius 3 is 1.30 bits per heavy atom. The Labute approximate surface area is 252 Å². The van der Waals surface area contributed by atoms with Gasteiger partial charge in [-0.25, -0.2) is 10.9 Å². The molecular weight excluding hydrogens is 526 g/mol. The number of fused-ring (bicyclic) bond motifs is 2. The molecule has 0 bridgehead atoms. The van der Waals surface area contributed by atoms with Crippen molar-refractivity contribution in [2.24, 2.45) is 0 Å². The summed E-state index contributed by atoms with van der Waals surface area (Å²) in [5.74, 6) is 0. The fourth-order valence-electron chi connectivity index (χ4n) is 6.56. The standard InChI is InChI=1S/C38H31N5/c1-4-14-29(15-5-1)38(40-39-28-41(38)31-16-6-2-7-17-31)30-24-26-33(27-25-30)43-36-22-12-10-20-34(36)42(32-18-8-3-9-19-32)35-21-11-13-23-37(35)43/h1-27,39-40H,28H2. The first-order valence-electron chi connectivity index (χ1n) is 14.7. The first-order valence-corrected chi connectivity index (χ1v) is 14.7. The van der Waals surface area contributed by atoms with E-state index >= 15 is 0 Å². The molecule has 1 fully saturated rings. The third-order valence-electron chi connectivity index (χ3n) is 8.46. The fourth-order valence-corrected chi connectivity index (χ4v) is 6.56. The normalized spacial score (nSPS) is 17.4. The predicted molar refractivity (Wildman–Crippen MR) is 177 cm³/mol. The maximum absolute atomic E-state index is 3.66. The maximum atomic E-state index is 3.66. The van der Waals surface area contributed by atoms with E-state index < -0.39 is 5.66 Å². The van der Waals surface area contributed by atoms with Gasteiger partial charge >= 0.3 is 0 Å². The van der Waals surface area contributed by atoms with Crippen molar-refractivity contribution in [2.45, 2.75) is 5.66 Å². The highest BCUT2D eigenvalue weighted by atomic mass is 15.6. The third-order valence-corrected chi connectivity index (χ3v) is 8.46. The van der Waals surface area contributed by atoms with Gasteiger partial charge in [-0.2, -0.15) is 0 Å². The summed E-state index contributed by atoms with van der Waals surface area (Å²) >= 11 is 0. The summed E-state index contributed by atoms with van der Waals surface area (Å²) in [7, 11) is 0. The fraction of sp³-hybridized carbons (Fsp3) is 0.0526. The van der Waals surface area contributed by atoms with Gasteiger partial charge in [0.15, 0.2) is 5.66 Å². The Kier molecular flexibility index (Phi) is 6.18. The molecule has 1 saturated heterocycles. The minimum Gasteiger partial charge on any atom is -0.330 e. The van der Waals surface area contributed by atoms with E-state index in [4.69, 9.17) is 0 Å². The second kappa shape index (κ2) is 10.5. The lowest BCUT2D eigenvalue weighted by atomic mass is 9.89. The average molecular weight is 558 g/mol. The molecule has 0 radical (unpaired) electrons. The monoisotopic (exact) mass is 557 g/mol. The molecule has 8 rings (SSSR count). The van der Waals surface area contributed by atoms with Crippen LogP contribution in [-0.4, -0.2) is 6.67 Å². The van der Waals surface area contributed by atoms with E-state index in [9.17, 15) is 0 Å². The molecule has 6 aromatic rings. The summed E-state index contributed by atoms with van der Waals surface area (Å²) in [6.45, 7) is 0.669. The zero-order valence-corrected chi connectivity index (χ0v) is 23.6. The summed E-state index contributed by atoms with van der Waals surface area (Å²) in [5, 5.41) is 0. The molecule has 43 heavy (non-hydrogen) atoms. The van der Waals surface area contributed by atoms with Crippen molar-refractivity contribution in [3.05, 3.63) is 175 Å². The van der Waals surface area contributed by atoms with Crippen LogP contribution >= 0.6 is 0 Å². The summed E-state index contributed by atoms with van der Waals surface area (Å²) < 4.78 is 0. The van der Waals surface area contributed by atoms with Gasteiger partial charge < -0.3 is 14.7 Å². The van der Waals surface area contributed by atoms with Gasteiger partial charge in [0.05, 0.1) is 29.4 Å². The van der Waals surface area contributed by atoms with Gasteiger partial charge in [-0.05, 0) is 71.8 Å². The first kappa shape index (κ1) is 25.4. The molecule has 6 aromatic carbocycles. The van der Waals surface area contributed by atoms with Crippen molar-refractivity contribution < 1.29 is 0 Å². The van der Waals surface area contributed by atoms with Gasteiger partial charge in [0, 0.05) is 17.1 Å². The number of hydrazine groups is 1. The number of nitrogens with zero attached hydrogens (tertiary/aromatic N) is 3. The van der Waals surface area contributed by atoms with Crippen LogP contribution in [0.5, 0.6) is 0 Å². The molecular formula is C38H31N5. The van der Waals surface area contributed by atoms with E-state index in [1.807, 2.05) is 0 Å². The van der Waals surface area contributed by atoms with Crippen molar-refractivity contribution in [1.29, 1.82) is 0 Å². The molecule has 5 nitrogen and oxygen atoms in total. The molecule has 0 spiro atoms. The largest absolute Gasteiger partial charge is 0.330 e. The number of nitrogens with one attached hydrogen (secondary N) is 2. The maximum Gasteiger partial charge on any atom is 0.157 e. The van der Waals surface area contributed by atoms with E-state index in [0.717, 1.165) is 45.4 Å². The molecule has 2 N–H and O–H groups in total. The minimum absolute atomic E-state index is 0.580. The van der Waals surface area contributed by atoms with Gasteiger partial charge in [-0.15, -0.1) is 0 Å². The second-order valence-electron chi connectivity index (χ2n) is 10.8. The van der Waals surface area contributed by atoms with E-state index in [1.165, 1.54) is 5.56 Å². The topological polar surface area (TPSA) is 33.8 Å². The zero-order chi connectivity index (χ0) is 28.6.